The third kappa shape index (κ3) is 4.85. The fourth-order valence-electron chi connectivity index (χ4n) is 4.40. The van der Waals surface area contributed by atoms with Gasteiger partial charge in [-0.15, -0.1) is 0 Å². The Kier molecular flexibility index (Phi) is 6.37. The van der Waals surface area contributed by atoms with Gasteiger partial charge in [0.05, 0.1) is 11.6 Å². The number of ether oxygens (including phenoxy) is 2. The molecule has 8 heteroatoms. The van der Waals surface area contributed by atoms with Crippen molar-refractivity contribution in [1.29, 1.82) is 0 Å². The molecule has 8 nitrogen and oxygen atoms in total. The number of hydrogen-bond donors (Lipinski definition) is 3. The van der Waals surface area contributed by atoms with E-state index >= 15 is 0 Å². The Labute approximate surface area is 192 Å². The first-order chi connectivity index (χ1) is 15.8. The number of alkyl carbamates (subject to hydrolysis) is 1. The Bertz CT molecular complexity index is 1020. The van der Waals surface area contributed by atoms with Crippen molar-refractivity contribution in [2.75, 3.05) is 13.7 Å². The molecular weight excluding hydrogens is 424 g/mol. The summed E-state index contributed by atoms with van der Waals surface area (Å²) < 4.78 is 10.6. The zero-order chi connectivity index (χ0) is 23.6. The van der Waals surface area contributed by atoms with Gasteiger partial charge in [-0.2, -0.15) is 0 Å². The third-order valence-electron chi connectivity index (χ3n) is 6.49. The number of hydrogen-bond acceptors (Lipinski definition) is 5. The van der Waals surface area contributed by atoms with Crippen molar-refractivity contribution in [3.63, 3.8) is 0 Å². The molecule has 2 aromatic carbocycles. The van der Waals surface area contributed by atoms with Crippen LogP contribution in [0.5, 0.6) is 0 Å². The lowest BCUT2D eigenvalue weighted by Gasteiger charge is -2.22. The standard InChI is InChI=1S/C25H28N2O6/c1-15(32-2)22(23(29)30)26-21(28)13-25(11-12-25)27-24(31)33-14-20-18-9-5-3-7-16(18)17-8-4-6-10-19(17)20/h3-10,15,20,22H,11-14H2,1-2H3,(H,26,28)(H,27,31)(H,29,30). The third-order valence-corrected chi connectivity index (χ3v) is 6.49. The smallest absolute Gasteiger partial charge is 0.407 e. The van der Waals surface area contributed by atoms with Gasteiger partial charge in [-0.25, -0.2) is 9.59 Å². The molecule has 0 heterocycles. The number of benzene rings is 2. The summed E-state index contributed by atoms with van der Waals surface area (Å²) in [6.07, 6.45) is -0.0270. The number of rotatable bonds is 9. The number of fused-ring (bicyclic) bond motifs is 3. The predicted molar refractivity (Wildman–Crippen MR) is 121 cm³/mol. The van der Waals surface area contributed by atoms with Gasteiger partial charge in [-0.1, -0.05) is 48.5 Å². The average Bonchev–Trinajstić information content (AvgIpc) is 3.47. The monoisotopic (exact) mass is 452 g/mol. The summed E-state index contributed by atoms with van der Waals surface area (Å²) in [6.45, 7) is 1.76. The zero-order valence-electron chi connectivity index (χ0n) is 18.7. The van der Waals surface area contributed by atoms with Crippen molar-refractivity contribution < 1.29 is 29.0 Å². The highest BCUT2D eigenvalue weighted by Gasteiger charge is 2.47. The van der Waals surface area contributed by atoms with Gasteiger partial charge in [-0.05, 0) is 42.0 Å². The molecule has 0 saturated heterocycles. The van der Waals surface area contributed by atoms with E-state index in [1.54, 1.807) is 6.92 Å². The van der Waals surface area contributed by atoms with Crippen LogP contribution in [0.15, 0.2) is 48.5 Å². The maximum atomic E-state index is 12.6. The molecule has 2 atom stereocenters. The number of aliphatic carboxylic acids is 1. The Hall–Kier alpha value is -3.39. The molecule has 174 valence electrons. The quantitative estimate of drug-likeness (QED) is 0.539. The molecule has 2 aliphatic carbocycles. The molecule has 2 unspecified atom stereocenters. The number of carboxylic acids is 1. The fourth-order valence-corrected chi connectivity index (χ4v) is 4.40. The summed E-state index contributed by atoms with van der Waals surface area (Å²) in [5, 5.41) is 14.6. The molecule has 3 N–H and O–H groups in total. The van der Waals surface area contributed by atoms with Crippen LogP contribution in [0.3, 0.4) is 0 Å². The molecule has 0 bridgehead atoms. The summed E-state index contributed by atoms with van der Waals surface area (Å²) in [5.74, 6) is -1.68. The van der Waals surface area contributed by atoms with E-state index in [-0.39, 0.29) is 18.9 Å². The van der Waals surface area contributed by atoms with E-state index in [0.717, 1.165) is 22.3 Å². The molecular formula is C25H28N2O6. The van der Waals surface area contributed by atoms with E-state index in [4.69, 9.17) is 9.47 Å². The van der Waals surface area contributed by atoms with Crippen molar-refractivity contribution in [3.05, 3.63) is 59.7 Å². The molecule has 0 spiro atoms. The van der Waals surface area contributed by atoms with Gasteiger partial charge in [0.15, 0.2) is 6.04 Å². The predicted octanol–water partition coefficient (Wildman–Crippen LogP) is 3.05. The maximum absolute atomic E-state index is 12.6. The highest BCUT2D eigenvalue weighted by Crippen LogP contribution is 2.44. The minimum absolute atomic E-state index is 0.0165. The van der Waals surface area contributed by atoms with E-state index in [2.05, 4.69) is 22.8 Å². The van der Waals surface area contributed by atoms with Gasteiger partial charge in [-0.3, -0.25) is 4.79 Å². The van der Waals surface area contributed by atoms with Gasteiger partial charge in [0.1, 0.15) is 6.61 Å². The molecule has 1 saturated carbocycles. The van der Waals surface area contributed by atoms with Gasteiger partial charge < -0.3 is 25.2 Å². The summed E-state index contributed by atoms with van der Waals surface area (Å²) >= 11 is 0. The van der Waals surface area contributed by atoms with Gasteiger partial charge in [0.25, 0.3) is 0 Å². The summed E-state index contributed by atoms with van der Waals surface area (Å²) in [7, 11) is 1.38. The van der Waals surface area contributed by atoms with Crippen LogP contribution >= 0.6 is 0 Å². The highest BCUT2D eigenvalue weighted by atomic mass is 16.5. The summed E-state index contributed by atoms with van der Waals surface area (Å²) in [4.78, 5) is 36.4. The minimum atomic E-state index is -1.17. The van der Waals surface area contributed by atoms with Crippen LogP contribution < -0.4 is 10.6 Å². The van der Waals surface area contributed by atoms with Crippen LogP contribution in [0.2, 0.25) is 0 Å². The number of carbonyl (C=O) groups is 3. The van der Waals surface area contributed by atoms with Gasteiger partial charge in [0.2, 0.25) is 5.91 Å². The Morgan fingerprint density at radius 3 is 2.15 bits per heavy atom. The number of carbonyl (C=O) groups excluding carboxylic acids is 2. The molecule has 0 aromatic heterocycles. The second-order valence-corrected chi connectivity index (χ2v) is 8.73. The van der Waals surface area contributed by atoms with E-state index in [1.165, 1.54) is 7.11 Å². The number of methoxy groups -OCH3 is 1. The molecule has 4 rings (SSSR count). The Balaban J connectivity index is 1.34. The van der Waals surface area contributed by atoms with Gasteiger partial charge >= 0.3 is 12.1 Å². The molecule has 2 aliphatic rings. The first kappa shape index (κ1) is 22.8. The topological polar surface area (TPSA) is 114 Å². The number of carboxylic acid groups (broad SMARTS) is 1. The second-order valence-electron chi connectivity index (χ2n) is 8.73. The first-order valence-electron chi connectivity index (χ1n) is 11.0. The Morgan fingerprint density at radius 1 is 1.06 bits per heavy atom. The van der Waals surface area contributed by atoms with Crippen molar-refractivity contribution in [3.8, 4) is 11.1 Å². The summed E-state index contributed by atoms with van der Waals surface area (Å²) in [5.41, 5.74) is 3.84. The van der Waals surface area contributed by atoms with E-state index in [9.17, 15) is 19.5 Å². The lowest BCUT2D eigenvalue weighted by Crippen LogP contribution is -2.50. The molecule has 0 aliphatic heterocycles. The van der Waals surface area contributed by atoms with Crippen LogP contribution in [0.4, 0.5) is 4.79 Å². The minimum Gasteiger partial charge on any atom is -0.480 e. The van der Waals surface area contributed by atoms with Crippen molar-refractivity contribution in [2.24, 2.45) is 0 Å². The van der Waals surface area contributed by atoms with E-state index < -0.39 is 35.7 Å². The lowest BCUT2D eigenvalue weighted by atomic mass is 9.98. The number of nitrogens with one attached hydrogen (secondary N) is 2. The molecule has 33 heavy (non-hydrogen) atoms. The molecule has 0 radical (unpaired) electrons. The van der Waals surface area contributed by atoms with E-state index in [1.807, 2.05) is 36.4 Å². The van der Waals surface area contributed by atoms with E-state index in [0.29, 0.717) is 12.8 Å². The first-order valence-corrected chi connectivity index (χ1v) is 11.0. The van der Waals surface area contributed by atoms with Crippen molar-refractivity contribution in [1.82, 2.24) is 10.6 Å². The molecule has 2 aromatic rings. The SMILES string of the molecule is COC(C)C(NC(=O)CC1(NC(=O)OCC2c3ccccc3-c3ccccc32)CC1)C(=O)O. The molecule has 2 amide bonds. The summed E-state index contributed by atoms with van der Waals surface area (Å²) in [6, 6.07) is 15.0. The van der Waals surface area contributed by atoms with Crippen LogP contribution in [-0.4, -0.2) is 54.5 Å². The van der Waals surface area contributed by atoms with Crippen LogP contribution in [0.25, 0.3) is 11.1 Å². The lowest BCUT2D eigenvalue weighted by molar-refractivity contribution is -0.145. The zero-order valence-corrected chi connectivity index (χ0v) is 18.7. The van der Waals surface area contributed by atoms with Crippen LogP contribution in [0.1, 0.15) is 43.2 Å². The maximum Gasteiger partial charge on any atom is 0.407 e. The Morgan fingerprint density at radius 2 is 1.64 bits per heavy atom. The molecule has 1 fully saturated rings. The number of amides is 2. The largest absolute Gasteiger partial charge is 0.480 e. The van der Waals surface area contributed by atoms with Crippen LogP contribution in [0, 0.1) is 0 Å². The van der Waals surface area contributed by atoms with Crippen LogP contribution in [-0.2, 0) is 19.1 Å². The highest BCUT2D eigenvalue weighted by molar-refractivity contribution is 5.85. The fraction of sp³-hybridized carbons (Fsp3) is 0.400. The van der Waals surface area contributed by atoms with Crippen molar-refractivity contribution >= 4 is 18.0 Å². The average molecular weight is 453 g/mol. The van der Waals surface area contributed by atoms with Crippen molar-refractivity contribution in [2.45, 2.75) is 49.8 Å². The van der Waals surface area contributed by atoms with Gasteiger partial charge in [0, 0.05) is 19.4 Å². The normalized spacial score (nSPS) is 17.3. The second kappa shape index (κ2) is 9.23.